The number of esters is 1. The number of likely N-dealkylation sites (N-methyl/N-ethyl adjacent to an activating group) is 1. The maximum Gasteiger partial charge on any atom is 0.325 e. The van der Waals surface area contributed by atoms with Gasteiger partial charge in [-0.3, -0.25) is 4.79 Å². The summed E-state index contributed by atoms with van der Waals surface area (Å²) < 4.78 is 11.1. The highest BCUT2D eigenvalue weighted by molar-refractivity contribution is 5.76. The number of hydrogen-bond acceptors (Lipinski definition) is 4. The van der Waals surface area contributed by atoms with Gasteiger partial charge in [0.15, 0.2) is 0 Å². The van der Waals surface area contributed by atoms with E-state index in [1.165, 1.54) is 6.42 Å². The number of rotatable bonds is 4. The van der Waals surface area contributed by atoms with Crippen LogP contribution in [0.2, 0.25) is 0 Å². The molecular weight excluding hydrogens is 230 g/mol. The molecule has 1 saturated heterocycles. The van der Waals surface area contributed by atoms with Gasteiger partial charge in [0.1, 0.15) is 6.04 Å². The third-order valence-electron chi connectivity index (χ3n) is 3.41. The van der Waals surface area contributed by atoms with Crippen molar-refractivity contribution in [3.8, 4) is 0 Å². The fourth-order valence-electron chi connectivity index (χ4n) is 2.26. The van der Waals surface area contributed by atoms with Crippen molar-refractivity contribution in [2.45, 2.75) is 52.2 Å². The predicted octanol–water partition coefficient (Wildman–Crippen LogP) is 1.98. The lowest BCUT2D eigenvalue weighted by atomic mass is 9.94. The number of cyclic esters (lactones) is 1. The molecule has 0 aromatic rings. The summed E-state index contributed by atoms with van der Waals surface area (Å²) in [6.07, 6.45) is 3.22. The van der Waals surface area contributed by atoms with Crippen LogP contribution in [0.5, 0.6) is 0 Å². The second-order valence-corrected chi connectivity index (χ2v) is 5.70. The van der Waals surface area contributed by atoms with Crippen LogP contribution in [-0.4, -0.2) is 38.4 Å². The smallest absolute Gasteiger partial charge is 0.325 e. The zero-order valence-electron chi connectivity index (χ0n) is 12.1. The Labute approximate surface area is 110 Å². The molecule has 0 spiro atoms. The van der Waals surface area contributed by atoms with Gasteiger partial charge in [-0.2, -0.15) is 0 Å². The highest BCUT2D eigenvalue weighted by atomic mass is 16.5. The van der Waals surface area contributed by atoms with E-state index in [9.17, 15) is 4.79 Å². The maximum atomic E-state index is 11.8. The molecule has 1 aliphatic rings. The molecule has 1 fully saturated rings. The molecule has 2 unspecified atom stereocenters. The minimum atomic E-state index is -0.337. The Morgan fingerprint density at radius 3 is 2.72 bits per heavy atom. The fourth-order valence-corrected chi connectivity index (χ4v) is 2.26. The topological polar surface area (TPSA) is 47.6 Å². The van der Waals surface area contributed by atoms with Crippen molar-refractivity contribution in [1.82, 2.24) is 5.32 Å². The van der Waals surface area contributed by atoms with Gasteiger partial charge >= 0.3 is 5.97 Å². The van der Waals surface area contributed by atoms with E-state index < -0.39 is 0 Å². The summed E-state index contributed by atoms with van der Waals surface area (Å²) in [7, 11) is 1.76. The molecular formula is C14H27NO3. The molecule has 1 rings (SSSR count). The number of carbonyl (C=O) groups is 1. The van der Waals surface area contributed by atoms with E-state index in [1.54, 1.807) is 7.05 Å². The van der Waals surface area contributed by atoms with Crippen LogP contribution in [0.25, 0.3) is 0 Å². The lowest BCUT2D eigenvalue weighted by Crippen LogP contribution is -2.40. The van der Waals surface area contributed by atoms with Gasteiger partial charge in [0.2, 0.25) is 0 Å². The van der Waals surface area contributed by atoms with Crippen LogP contribution in [0, 0.1) is 11.8 Å². The van der Waals surface area contributed by atoms with Crippen molar-refractivity contribution in [1.29, 1.82) is 0 Å². The standard InChI is InChI=1S/C14H27NO3/c1-10(2)5-6-12-7-11(3)18-14(16)13(15-4)9-17-8-12/h10-13,15H,5-9H2,1-4H3/t11?,12?,13-/m0/s1. The van der Waals surface area contributed by atoms with Gasteiger partial charge in [0.05, 0.1) is 12.7 Å². The molecule has 0 bridgehead atoms. The summed E-state index contributed by atoms with van der Waals surface area (Å²) in [5, 5.41) is 2.94. The lowest BCUT2D eigenvalue weighted by molar-refractivity contribution is -0.151. The van der Waals surface area contributed by atoms with Crippen molar-refractivity contribution in [3.05, 3.63) is 0 Å². The molecule has 0 radical (unpaired) electrons. The summed E-state index contributed by atoms with van der Waals surface area (Å²) >= 11 is 0. The van der Waals surface area contributed by atoms with Crippen molar-refractivity contribution in [3.63, 3.8) is 0 Å². The van der Waals surface area contributed by atoms with E-state index in [1.807, 2.05) is 6.92 Å². The Hall–Kier alpha value is -0.610. The van der Waals surface area contributed by atoms with Gasteiger partial charge in [0, 0.05) is 6.61 Å². The van der Waals surface area contributed by atoms with Crippen LogP contribution in [0.15, 0.2) is 0 Å². The zero-order valence-corrected chi connectivity index (χ0v) is 12.1. The Kier molecular flexibility index (Phi) is 6.65. The van der Waals surface area contributed by atoms with Crippen LogP contribution in [0.4, 0.5) is 0 Å². The van der Waals surface area contributed by atoms with Crippen molar-refractivity contribution < 1.29 is 14.3 Å². The SMILES string of the molecule is CN[C@H]1COCC(CCC(C)C)CC(C)OC1=O. The molecule has 4 heteroatoms. The van der Waals surface area contributed by atoms with Crippen LogP contribution in [0.1, 0.15) is 40.0 Å². The molecule has 3 atom stereocenters. The van der Waals surface area contributed by atoms with Crippen LogP contribution in [-0.2, 0) is 14.3 Å². The van der Waals surface area contributed by atoms with Gasteiger partial charge in [0.25, 0.3) is 0 Å². The second kappa shape index (κ2) is 7.74. The van der Waals surface area contributed by atoms with Gasteiger partial charge in [-0.1, -0.05) is 20.3 Å². The van der Waals surface area contributed by atoms with Crippen molar-refractivity contribution >= 4 is 5.97 Å². The highest BCUT2D eigenvalue weighted by Gasteiger charge is 2.25. The Balaban J connectivity index is 2.52. The first-order chi connectivity index (χ1) is 8.52. The van der Waals surface area contributed by atoms with Gasteiger partial charge < -0.3 is 14.8 Å². The third kappa shape index (κ3) is 5.36. The second-order valence-electron chi connectivity index (χ2n) is 5.70. The summed E-state index contributed by atoms with van der Waals surface area (Å²) in [5.41, 5.74) is 0. The molecule has 1 N–H and O–H groups in total. The molecule has 106 valence electrons. The summed E-state index contributed by atoms with van der Waals surface area (Å²) in [6.45, 7) is 7.57. The number of carbonyl (C=O) groups excluding carboxylic acids is 1. The number of hydrogen-bond donors (Lipinski definition) is 1. The average molecular weight is 257 g/mol. The largest absolute Gasteiger partial charge is 0.461 e. The molecule has 0 aliphatic carbocycles. The minimum absolute atomic E-state index is 0.0211. The van der Waals surface area contributed by atoms with Gasteiger partial charge in [-0.25, -0.2) is 0 Å². The Morgan fingerprint density at radius 2 is 2.11 bits per heavy atom. The number of ether oxygens (including phenoxy) is 2. The molecule has 18 heavy (non-hydrogen) atoms. The van der Waals surface area contributed by atoms with Crippen molar-refractivity contribution in [2.75, 3.05) is 20.3 Å². The van der Waals surface area contributed by atoms with E-state index in [0.717, 1.165) is 19.4 Å². The van der Waals surface area contributed by atoms with E-state index in [-0.39, 0.29) is 18.1 Å². The average Bonchev–Trinajstić information content (AvgIpc) is 2.36. The molecule has 0 aromatic heterocycles. The molecule has 1 heterocycles. The minimum Gasteiger partial charge on any atom is -0.461 e. The van der Waals surface area contributed by atoms with Crippen LogP contribution in [0.3, 0.4) is 0 Å². The Bertz CT molecular complexity index is 255. The van der Waals surface area contributed by atoms with Crippen molar-refractivity contribution in [2.24, 2.45) is 11.8 Å². The monoisotopic (exact) mass is 257 g/mol. The van der Waals surface area contributed by atoms with Crippen LogP contribution < -0.4 is 5.32 Å². The molecule has 0 aromatic carbocycles. The lowest BCUT2D eigenvalue weighted by Gasteiger charge is -2.20. The van der Waals surface area contributed by atoms with Crippen LogP contribution >= 0.6 is 0 Å². The normalized spacial score (nSPS) is 30.5. The first kappa shape index (κ1) is 15.4. The first-order valence-electron chi connectivity index (χ1n) is 6.98. The summed E-state index contributed by atoms with van der Waals surface area (Å²) in [5.74, 6) is 1.00. The van der Waals surface area contributed by atoms with E-state index in [2.05, 4.69) is 19.2 Å². The number of nitrogens with one attached hydrogen (secondary N) is 1. The third-order valence-corrected chi connectivity index (χ3v) is 3.41. The summed E-state index contributed by atoms with van der Waals surface area (Å²) in [4.78, 5) is 11.8. The van der Waals surface area contributed by atoms with Gasteiger partial charge in [-0.15, -0.1) is 0 Å². The van der Waals surface area contributed by atoms with E-state index in [4.69, 9.17) is 9.47 Å². The Morgan fingerprint density at radius 1 is 1.39 bits per heavy atom. The summed E-state index contributed by atoms with van der Waals surface area (Å²) in [6, 6.07) is -0.337. The fraction of sp³-hybridized carbons (Fsp3) is 0.929. The van der Waals surface area contributed by atoms with Gasteiger partial charge in [-0.05, 0) is 38.6 Å². The highest BCUT2D eigenvalue weighted by Crippen LogP contribution is 2.20. The molecule has 0 amide bonds. The maximum absolute atomic E-state index is 11.8. The van der Waals surface area contributed by atoms with E-state index >= 15 is 0 Å². The molecule has 4 nitrogen and oxygen atoms in total. The first-order valence-corrected chi connectivity index (χ1v) is 6.98. The quantitative estimate of drug-likeness (QED) is 0.782. The molecule has 0 saturated carbocycles. The molecule has 1 aliphatic heterocycles. The predicted molar refractivity (Wildman–Crippen MR) is 71.4 cm³/mol. The zero-order chi connectivity index (χ0) is 13.5. The van der Waals surface area contributed by atoms with E-state index in [0.29, 0.717) is 18.4 Å².